The standard InChI is InChI=1S/C12H11F2NO4/c1-15(11(17)5-10(16)12(18)19)6-7-2-3-8(13)9(14)4-7/h2-4H,5-6H2,1H3,(H,18,19). The summed E-state index contributed by atoms with van der Waals surface area (Å²) in [6.45, 7) is -0.0526. The summed E-state index contributed by atoms with van der Waals surface area (Å²) in [6.07, 6.45) is -0.768. The second-order valence-corrected chi connectivity index (χ2v) is 3.90. The molecular formula is C12H11F2NO4. The second kappa shape index (κ2) is 6.03. The maximum absolute atomic E-state index is 12.9. The summed E-state index contributed by atoms with van der Waals surface area (Å²) in [7, 11) is 1.33. The Morgan fingerprint density at radius 2 is 1.84 bits per heavy atom. The van der Waals surface area contributed by atoms with E-state index in [0.717, 1.165) is 17.0 Å². The number of carboxylic acids is 1. The van der Waals surface area contributed by atoms with E-state index in [1.807, 2.05) is 0 Å². The van der Waals surface area contributed by atoms with Gasteiger partial charge in [0.2, 0.25) is 11.7 Å². The lowest BCUT2D eigenvalue weighted by atomic mass is 10.2. The topological polar surface area (TPSA) is 74.7 Å². The molecule has 1 amide bonds. The minimum atomic E-state index is -1.69. The number of benzene rings is 1. The largest absolute Gasteiger partial charge is 0.475 e. The monoisotopic (exact) mass is 271 g/mol. The zero-order chi connectivity index (χ0) is 14.6. The van der Waals surface area contributed by atoms with Gasteiger partial charge in [0.05, 0.1) is 6.42 Å². The highest BCUT2D eigenvalue weighted by Crippen LogP contribution is 2.10. The molecule has 0 aliphatic carbocycles. The fourth-order valence-corrected chi connectivity index (χ4v) is 1.35. The van der Waals surface area contributed by atoms with Crippen molar-refractivity contribution < 1.29 is 28.3 Å². The van der Waals surface area contributed by atoms with Crippen molar-refractivity contribution in [1.29, 1.82) is 0 Å². The van der Waals surface area contributed by atoms with Gasteiger partial charge in [-0.2, -0.15) is 0 Å². The summed E-state index contributed by atoms with van der Waals surface area (Å²) < 4.78 is 25.6. The van der Waals surface area contributed by atoms with E-state index in [0.29, 0.717) is 5.56 Å². The third-order valence-electron chi connectivity index (χ3n) is 2.38. The van der Waals surface area contributed by atoms with E-state index in [-0.39, 0.29) is 6.54 Å². The van der Waals surface area contributed by atoms with Gasteiger partial charge < -0.3 is 10.0 Å². The number of amides is 1. The van der Waals surface area contributed by atoms with Gasteiger partial charge >= 0.3 is 5.97 Å². The van der Waals surface area contributed by atoms with Gasteiger partial charge in [0.25, 0.3) is 0 Å². The normalized spacial score (nSPS) is 10.1. The van der Waals surface area contributed by atoms with Gasteiger partial charge in [0.15, 0.2) is 11.6 Å². The zero-order valence-electron chi connectivity index (χ0n) is 10.0. The molecule has 1 rings (SSSR count). The van der Waals surface area contributed by atoms with E-state index in [9.17, 15) is 23.2 Å². The maximum atomic E-state index is 12.9. The second-order valence-electron chi connectivity index (χ2n) is 3.90. The first-order valence-electron chi connectivity index (χ1n) is 5.25. The SMILES string of the molecule is CN(Cc1ccc(F)c(F)c1)C(=O)CC(=O)C(=O)O. The van der Waals surface area contributed by atoms with Gasteiger partial charge in [-0.05, 0) is 17.7 Å². The highest BCUT2D eigenvalue weighted by molar-refractivity contribution is 6.36. The van der Waals surface area contributed by atoms with Crippen LogP contribution >= 0.6 is 0 Å². The molecule has 0 bridgehead atoms. The fourth-order valence-electron chi connectivity index (χ4n) is 1.35. The van der Waals surface area contributed by atoms with Crippen molar-refractivity contribution in [2.24, 2.45) is 0 Å². The molecule has 0 atom stereocenters. The first-order valence-corrected chi connectivity index (χ1v) is 5.25. The molecule has 1 aromatic rings. The molecule has 0 spiro atoms. The van der Waals surface area contributed by atoms with Crippen molar-refractivity contribution in [3.8, 4) is 0 Å². The van der Waals surface area contributed by atoms with Gasteiger partial charge in [-0.3, -0.25) is 9.59 Å². The number of ketones is 1. The van der Waals surface area contributed by atoms with Crippen LogP contribution in [0.1, 0.15) is 12.0 Å². The molecule has 1 aromatic carbocycles. The molecule has 5 nitrogen and oxygen atoms in total. The van der Waals surface area contributed by atoms with Crippen molar-refractivity contribution in [3.05, 3.63) is 35.4 Å². The van der Waals surface area contributed by atoms with E-state index in [2.05, 4.69) is 0 Å². The Hall–Kier alpha value is -2.31. The molecule has 0 saturated heterocycles. The van der Waals surface area contributed by atoms with Gasteiger partial charge in [-0.25, -0.2) is 13.6 Å². The van der Waals surface area contributed by atoms with Gasteiger partial charge in [0, 0.05) is 13.6 Å². The van der Waals surface area contributed by atoms with Crippen LogP contribution in [0.5, 0.6) is 0 Å². The molecule has 0 aliphatic rings. The first kappa shape index (κ1) is 14.7. The Labute approximate surface area is 107 Å². The van der Waals surface area contributed by atoms with Crippen molar-refractivity contribution >= 4 is 17.7 Å². The molecule has 0 heterocycles. The molecule has 0 fully saturated rings. The number of halogens is 2. The first-order chi connectivity index (χ1) is 8.81. The molecule has 0 saturated carbocycles. The number of hydrogen-bond acceptors (Lipinski definition) is 3. The van der Waals surface area contributed by atoms with Crippen LogP contribution in [0.4, 0.5) is 8.78 Å². The zero-order valence-corrected chi connectivity index (χ0v) is 10.0. The summed E-state index contributed by atoms with van der Waals surface area (Å²) >= 11 is 0. The third-order valence-corrected chi connectivity index (χ3v) is 2.38. The highest BCUT2D eigenvalue weighted by Gasteiger charge is 2.19. The summed E-state index contributed by atoms with van der Waals surface area (Å²) in [5.74, 6) is -5.66. The number of hydrogen-bond donors (Lipinski definition) is 1. The number of carbonyl (C=O) groups is 3. The van der Waals surface area contributed by atoms with Crippen LogP contribution in [0.3, 0.4) is 0 Å². The average molecular weight is 271 g/mol. The highest BCUT2D eigenvalue weighted by atomic mass is 19.2. The molecule has 0 aliphatic heterocycles. The summed E-state index contributed by atoms with van der Waals surface area (Å²) in [5, 5.41) is 8.36. The Morgan fingerprint density at radius 3 is 2.37 bits per heavy atom. The van der Waals surface area contributed by atoms with Crippen LogP contribution in [-0.4, -0.2) is 34.7 Å². The van der Waals surface area contributed by atoms with E-state index < -0.39 is 35.7 Å². The van der Waals surface area contributed by atoms with Gasteiger partial charge in [0.1, 0.15) is 0 Å². The molecule has 1 N–H and O–H groups in total. The Balaban J connectivity index is 2.66. The van der Waals surface area contributed by atoms with E-state index in [1.165, 1.54) is 13.1 Å². The Kier molecular flexibility index (Phi) is 4.68. The predicted octanol–water partition coefficient (Wildman–Crippen LogP) is 0.967. The molecule has 7 heteroatoms. The molecule has 0 radical (unpaired) electrons. The summed E-state index contributed by atoms with van der Waals surface area (Å²) in [5.41, 5.74) is 0.331. The quantitative estimate of drug-likeness (QED) is 0.639. The van der Waals surface area contributed by atoms with Gasteiger partial charge in [-0.1, -0.05) is 6.07 Å². The molecule has 102 valence electrons. The van der Waals surface area contributed by atoms with Crippen LogP contribution in [0.15, 0.2) is 18.2 Å². The van der Waals surface area contributed by atoms with Crippen LogP contribution in [-0.2, 0) is 20.9 Å². The Bertz CT molecular complexity index is 530. The van der Waals surface area contributed by atoms with Crippen LogP contribution < -0.4 is 0 Å². The van der Waals surface area contributed by atoms with E-state index in [1.54, 1.807) is 0 Å². The van der Waals surface area contributed by atoms with Gasteiger partial charge in [-0.15, -0.1) is 0 Å². The summed E-state index contributed by atoms with van der Waals surface area (Å²) in [6, 6.07) is 3.14. The number of Topliss-reactive ketones (excluding diaryl/α,β-unsaturated/α-hetero) is 1. The lowest BCUT2D eigenvalue weighted by molar-refractivity contribution is -0.151. The number of carboxylic acid groups (broad SMARTS) is 1. The van der Waals surface area contributed by atoms with Crippen molar-refractivity contribution in [3.63, 3.8) is 0 Å². The molecular weight excluding hydrogens is 260 g/mol. The molecule has 19 heavy (non-hydrogen) atoms. The van der Waals surface area contributed by atoms with Crippen molar-refractivity contribution in [1.82, 2.24) is 4.90 Å². The molecule has 0 aromatic heterocycles. The third kappa shape index (κ3) is 4.13. The Morgan fingerprint density at radius 1 is 1.21 bits per heavy atom. The van der Waals surface area contributed by atoms with Crippen molar-refractivity contribution in [2.45, 2.75) is 13.0 Å². The van der Waals surface area contributed by atoms with E-state index in [4.69, 9.17) is 5.11 Å². The minimum Gasteiger partial charge on any atom is -0.475 e. The van der Waals surface area contributed by atoms with E-state index >= 15 is 0 Å². The number of nitrogens with zero attached hydrogens (tertiary/aromatic N) is 1. The minimum absolute atomic E-state index is 0.0526. The predicted molar refractivity (Wildman–Crippen MR) is 60.1 cm³/mol. The number of rotatable bonds is 5. The lowest BCUT2D eigenvalue weighted by Gasteiger charge is -2.16. The van der Waals surface area contributed by atoms with Crippen molar-refractivity contribution in [2.75, 3.05) is 7.05 Å². The smallest absolute Gasteiger partial charge is 0.372 e. The number of carbonyl (C=O) groups excluding carboxylic acids is 2. The van der Waals surface area contributed by atoms with Crippen LogP contribution in [0.25, 0.3) is 0 Å². The van der Waals surface area contributed by atoms with Crippen LogP contribution in [0.2, 0.25) is 0 Å². The maximum Gasteiger partial charge on any atom is 0.372 e. The molecule has 0 unspecified atom stereocenters. The lowest BCUT2D eigenvalue weighted by Crippen LogP contribution is -2.30. The fraction of sp³-hybridized carbons (Fsp3) is 0.250. The number of aliphatic carboxylic acids is 1. The summed E-state index contributed by atoms with van der Waals surface area (Å²) in [4.78, 5) is 33.7. The average Bonchev–Trinajstić information content (AvgIpc) is 2.33. The van der Waals surface area contributed by atoms with Crippen LogP contribution in [0, 0.1) is 11.6 Å².